The second-order valence-electron chi connectivity index (χ2n) is 8.59. The number of hydrogen-bond donors (Lipinski definition) is 3. The lowest BCUT2D eigenvalue weighted by molar-refractivity contribution is -0.120. The van der Waals surface area contributed by atoms with Crippen molar-refractivity contribution in [2.75, 3.05) is 32.1 Å². The molecule has 1 amide bonds. The van der Waals surface area contributed by atoms with Crippen molar-refractivity contribution in [3.05, 3.63) is 96.2 Å². The Kier molecular flexibility index (Phi) is 7.53. The molecule has 0 aliphatic rings. The van der Waals surface area contributed by atoms with E-state index in [0.29, 0.717) is 6.54 Å². The Bertz CT molecular complexity index is 1380. The lowest BCUT2D eigenvalue weighted by Crippen LogP contribution is -2.33. The van der Waals surface area contributed by atoms with Gasteiger partial charge in [-0.1, -0.05) is 48.5 Å². The van der Waals surface area contributed by atoms with Gasteiger partial charge in [0.1, 0.15) is 0 Å². The van der Waals surface area contributed by atoms with Gasteiger partial charge in [-0.05, 0) is 41.5 Å². The van der Waals surface area contributed by atoms with Crippen LogP contribution in [0.2, 0.25) is 0 Å². The first kappa shape index (κ1) is 24.5. The first-order valence-electron chi connectivity index (χ1n) is 11.5. The minimum Gasteiger partial charge on any atom is -0.378 e. The van der Waals surface area contributed by atoms with Crippen molar-refractivity contribution in [3.63, 3.8) is 0 Å². The number of H-pyrrole nitrogens is 1. The smallest absolute Gasteiger partial charge is 0.240 e. The van der Waals surface area contributed by atoms with Crippen LogP contribution in [0.25, 0.3) is 10.9 Å². The molecule has 1 unspecified atom stereocenters. The maximum atomic E-state index is 12.6. The van der Waals surface area contributed by atoms with Crippen LogP contribution in [0.3, 0.4) is 0 Å². The van der Waals surface area contributed by atoms with Gasteiger partial charge in [0.05, 0.1) is 4.90 Å². The number of nitrogens with zero attached hydrogens (tertiary/aromatic N) is 1. The summed E-state index contributed by atoms with van der Waals surface area (Å²) in [6.45, 7) is 0.422. The largest absolute Gasteiger partial charge is 0.378 e. The van der Waals surface area contributed by atoms with Crippen LogP contribution >= 0.6 is 0 Å². The van der Waals surface area contributed by atoms with Crippen LogP contribution in [0.15, 0.2) is 90.0 Å². The topological polar surface area (TPSA) is 94.3 Å². The van der Waals surface area contributed by atoms with Crippen molar-refractivity contribution in [2.45, 2.75) is 17.2 Å². The quantitative estimate of drug-likeness (QED) is 0.315. The number of fused-ring (bicyclic) bond motifs is 1. The van der Waals surface area contributed by atoms with Gasteiger partial charge in [-0.2, -0.15) is 0 Å². The molecule has 0 fully saturated rings. The molecule has 182 valence electrons. The Balaban J connectivity index is 1.45. The maximum absolute atomic E-state index is 12.6. The van der Waals surface area contributed by atoms with Crippen molar-refractivity contribution in [1.82, 2.24) is 15.0 Å². The van der Waals surface area contributed by atoms with Gasteiger partial charge in [0.25, 0.3) is 0 Å². The third-order valence-corrected chi connectivity index (χ3v) is 7.49. The van der Waals surface area contributed by atoms with E-state index in [1.165, 1.54) is 12.1 Å². The lowest BCUT2D eigenvalue weighted by Gasteiger charge is -2.20. The van der Waals surface area contributed by atoms with Gasteiger partial charge in [-0.3, -0.25) is 4.79 Å². The van der Waals surface area contributed by atoms with Crippen molar-refractivity contribution in [2.24, 2.45) is 0 Å². The fraction of sp³-hybridized carbons (Fsp3) is 0.222. The number of rotatable bonds is 10. The molecular weight excluding hydrogens is 460 g/mol. The fourth-order valence-corrected chi connectivity index (χ4v) is 5.13. The second kappa shape index (κ2) is 10.8. The molecule has 1 atom stereocenters. The van der Waals surface area contributed by atoms with E-state index in [0.717, 1.165) is 27.7 Å². The Morgan fingerprint density at radius 2 is 1.63 bits per heavy atom. The summed E-state index contributed by atoms with van der Waals surface area (Å²) >= 11 is 0. The summed E-state index contributed by atoms with van der Waals surface area (Å²) in [4.78, 5) is 18.2. The zero-order chi connectivity index (χ0) is 24.8. The average molecular weight is 491 g/mol. The van der Waals surface area contributed by atoms with E-state index in [-0.39, 0.29) is 29.7 Å². The molecule has 3 N–H and O–H groups in total. The predicted molar refractivity (Wildman–Crippen MR) is 140 cm³/mol. The molecule has 3 aromatic carbocycles. The molecule has 0 saturated carbocycles. The highest BCUT2D eigenvalue weighted by Crippen LogP contribution is 2.31. The molecule has 0 spiro atoms. The Hall–Kier alpha value is -3.62. The molecular formula is C27H30N4O3S. The summed E-state index contributed by atoms with van der Waals surface area (Å²) in [5, 5.41) is 4.11. The highest BCUT2D eigenvalue weighted by molar-refractivity contribution is 7.89. The van der Waals surface area contributed by atoms with E-state index in [9.17, 15) is 13.2 Å². The van der Waals surface area contributed by atoms with Gasteiger partial charge in [-0.15, -0.1) is 0 Å². The summed E-state index contributed by atoms with van der Waals surface area (Å²) in [5.41, 5.74) is 4.33. The fourth-order valence-electron chi connectivity index (χ4n) is 4.08. The van der Waals surface area contributed by atoms with Gasteiger partial charge >= 0.3 is 0 Å². The van der Waals surface area contributed by atoms with Crippen LogP contribution in [0.4, 0.5) is 5.69 Å². The van der Waals surface area contributed by atoms with E-state index in [4.69, 9.17) is 0 Å². The van der Waals surface area contributed by atoms with Crippen LogP contribution in [-0.2, 0) is 14.8 Å². The number of hydrogen-bond acceptors (Lipinski definition) is 4. The van der Waals surface area contributed by atoms with Crippen LogP contribution in [-0.4, -0.2) is 46.5 Å². The lowest BCUT2D eigenvalue weighted by atomic mass is 9.90. The number of benzene rings is 3. The first-order valence-corrected chi connectivity index (χ1v) is 13.0. The SMILES string of the molecule is CN(C)c1ccc(C(CNC(=O)CCNS(=O)(=O)c2ccccc2)c2c[nH]c3ccccc23)cc1. The Morgan fingerprint density at radius 1 is 0.943 bits per heavy atom. The number of aromatic nitrogens is 1. The predicted octanol–water partition coefficient (Wildman–Crippen LogP) is 3.85. The minimum absolute atomic E-state index is 0.0261. The molecule has 0 radical (unpaired) electrons. The molecule has 1 heterocycles. The third kappa shape index (κ3) is 5.90. The van der Waals surface area contributed by atoms with Crippen molar-refractivity contribution < 1.29 is 13.2 Å². The third-order valence-electron chi connectivity index (χ3n) is 6.01. The molecule has 0 aliphatic heterocycles. The summed E-state index contributed by atoms with van der Waals surface area (Å²) in [7, 11) is 0.358. The zero-order valence-electron chi connectivity index (χ0n) is 19.9. The van der Waals surface area contributed by atoms with Crippen molar-refractivity contribution in [1.29, 1.82) is 0 Å². The van der Waals surface area contributed by atoms with Gasteiger partial charge in [-0.25, -0.2) is 13.1 Å². The number of aromatic amines is 1. The zero-order valence-corrected chi connectivity index (χ0v) is 20.7. The van der Waals surface area contributed by atoms with Gasteiger partial charge < -0.3 is 15.2 Å². The molecule has 0 bridgehead atoms. The molecule has 8 heteroatoms. The number of amides is 1. The summed E-state index contributed by atoms with van der Waals surface area (Å²) in [5.74, 6) is -0.275. The summed E-state index contributed by atoms with van der Waals surface area (Å²) in [6.07, 6.45) is 2.04. The van der Waals surface area contributed by atoms with E-state index >= 15 is 0 Å². The minimum atomic E-state index is -3.64. The number of sulfonamides is 1. The highest BCUT2D eigenvalue weighted by Gasteiger charge is 2.20. The molecule has 0 aliphatic carbocycles. The first-order chi connectivity index (χ1) is 16.8. The van der Waals surface area contributed by atoms with Crippen LogP contribution in [0.5, 0.6) is 0 Å². The van der Waals surface area contributed by atoms with E-state index < -0.39 is 10.0 Å². The van der Waals surface area contributed by atoms with Crippen molar-refractivity contribution in [3.8, 4) is 0 Å². The molecule has 4 aromatic rings. The standard InChI is InChI=1S/C27H30N4O3S/c1-31(2)21-14-12-20(13-15-21)24(25-19-28-26-11-7-6-10-23(25)26)18-29-27(32)16-17-30-35(33,34)22-8-4-3-5-9-22/h3-15,19,24,28,30H,16-18H2,1-2H3,(H,29,32). The second-order valence-corrected chi connectivity index (χ2v) is 10.4. The number of carbonyl (C=O) groups excluding carboxylic acids is 1. The number of nitrogens with one attached hydrogen (secondary N) is 3. The molecule has 7 nitrogen and oxygen atoms in total. The molecule has 35 heavy (non-hydrogen) atoms. The maximum Gasteiger partial charge on any atom is 0.240 e. The highest BCUT2D eigenvalue weighted by atomic mass is 32.2. The molecule has 1 aromatic heterocycles. The van der Waals surface area contributed by atoms with Crippen LogP contribution in [0, 0.1) is 0 Å². The normalized spacial score (nSPS) is 12.4. The van der Waals surface area contributed by atoms with Crippen molar-refractivity contribution >= 4 is 32.5 Å². The summed E-state index contributed by atoms with van der Waals surface area (Å²) in [6, 6.07) is 24.5. The van der Waals surface area contributed by atoms with Gasteiger partial charge in [0, 0.05) is 62.3 Å². The number of para-hydroxylation sites is 1. The average Bonchev–Trinajstić information content (AvgIpc) is 3.29. The van der Waals surface area contributed by atoms with Crippen LogP contribution < -0.4 is 14.9 Å². The number of carbonyl (C=O) groups is 1. The van der Waals surface area contributed by atoms with Gasteiger partial charge in [0.2, 0.25) is 15.9 Å². The monoisotopic (exact) mass is 490 g/mol. The van der Waals surface area contributed by atoms with E-state index in [2.05, 4.69) is 45.4 Å². The number of anilines is 1. The van der Waals surface area contributed by atoms with E-state index in [1.807, 2.05) is 43.4 Å². The van der Waals surface area contributed by atoms with Crippen LogP contribution in [0.1, 0.15) is 23.5 Å². The molecule has 0 saturated heterocycles. The Morgan fingerprint density at radius 3 is 2.34 bits per heavy atom. The molecule has 4 rings (SSSR count). The van der Waals surface area contributed by atoms with Gasteiger partial charge in [0.15, 0.2) is 0 Å². The van der Waals surface area contributed by atoms with E-state index in [1.54, 1.807) is 18.2 Å². The Labute approximate surface area is 206 Å². The summed E-state index contributed by atoms with van der Waals surface area (Å²) < 4.78 is 27.2.